The standard InChI is InChI=1S/C32H35F2N5O7/c1-18(40)35-15-22-16-39(32(44)46-22)21-6-7-27(25(33)13-21)45-12-2-3-19-8-10-37(11-9-19)30-26(34)14-23-28(41)24(31(42)43)17-38(20-4-5-20)29(23)36-30/h6-7,13-14,17,19-20,22H,2-5,8-12,15-16H2,1H3,(H,35,40)(H,42,43). The maximum Gasteiger partial charge on any atom is 0.414 e. The van der Waals surface area contributed by atoms with Crippen molar-refractivity contribution in [1.82, 2.24) is 14.9 Å². The van der Waals surface area contributed by atoms with Crippen LogP contribution in [0.3, 0.4) is 0 Å². The summed E-state index contributed by atoms with van der Waals surface area (Å²) in [4.78, 5) is 55.4. The van der Waals surface area contributed by atoms with Crippen molar-refractivity contribution in [1.29, 1.82) is 0 Å². The minimum absolute atomic E-state index is 0.0279. The third-order valence-electron chi connectivity index (χ3n) is 8.72. The van der Waals surface area contributed by atoms with Gasteiger partial charge in [-0.15, -0.1) is 0 Å². The second-order valence-electron chi connectivity index (χ2n) is 12.1. The summed E-state index contributed by atoms with van der Waals surface area (Å²) in [6.07, 6.45) is 5.00. The average molecular weight is 640 g/mol. The molecule has 1 unspecified atom stereocenters. The molecule has 2 N–H and O–H groups in total. The van der Waals surface area contributed by atoms with E-state index in [2.05, 4.69) is 10.3 Å². The topological polar surface area (TPSA) is 143 Å². The number of piperidine rings is 1. The molecule has 2 saturated heterocycles. The fourth-order valence-electron chi connectivity index (χ4n) is 6.10. The highest BCUT2D eigenvalue weighted by molar-refractivity contribution is 5.92. The molecule has 46 heavy (non-hydrogen) atoms. The molecule has 2 aromatic heterocycles. The number of carboxylic acid groups (broad SMARTS) is 1. The molecule has 2 aliphatic heterocycles. The summed E-state index contributed by atoms with van der Waals surface area (Å²) in [7, 11) is 0. The number of nitrogens with zero attached hydrogens (tertiary/aromatic N) is 4. The zero-order valence-corrected chi connectivity index (χ0v) is 25.3. The molecular weight excluding hydrogens is 604 g/mol. The van der Waals surface area contributed by atoms with E-state index >= 15 is 4.39 Å². The third kappa shape index (κ3) is 6.60. The number of nitrogens with one attached hydrogen (secondary N) is 1. The van der Waals surface area contributed by atoms with Gasteiger partial charge in [-0.05, 0) is 62.6 Å². The van der Waals surface area contributed by atoms with Crippen LogP contribution in [0.2, 0.25) is 0 Å². The van der Waals surface area contributed by atoms with Gasteiger partial charge in [-0.2, -0.15) is 0 Å². The largest absolute Gasteiger partial charge is 0.491 e. The Hall–Kier alpha value is -4.75. The van der Waals surface area contributed by atoms with Gasteiger partial charge in [-0.3, -0.25) is 14.5 Å². The number of fused-ring (bicyclic) bond motifs is 1. The van der Waals surface area contributed by atoms with Gasteiger partial charge in [0, 0.05) is 38.3 Å². The Bertz CT molecular complexity index is 1740. The first kappa shape index (κ1) is 31.2. The fourth-order valence-corrected chi connectivity index (χ4v) is 6.10. The summed E-state index contributed by atoms with van der Waals surface area (Å²) < 4.78 is 42.6. The Balaban J connectivity index is 1.00. The van der Waals surface area contributed by atoms with E-state index in [4.69, 9.17) is 9.47 Å². The van der Waals surface area contributed by atoms with E-state index in [-0.39, 0.29) is 47.6 Å². The second-order valence-corrected chi connectivity index (χ2v) is 12.1. The molecule has 1 saturated carbocycles. The number of cyclic esters (lactones) is 1. The number of carbonyl (C=O) groups excluding carboxylic acids is 2. The molecule has 0 bridgehead atoms. The van der Waals surface area contributed by atoms with Crippen LogP contribution in [0.4, 0.5) is 25.1 Å². The molecule has 6 rings (SSSR count). The van der Waals surface area contributed by atoms with Crippen LogP contribution in [0.1, 0.15) is 61.8 Å². The molecule has 12 nitrogen and oxygen atoms in total. The summed E-state index contributed by atoms with van der Waals surface area (Å²) in [6.45, 7) is 3.19. The van der Waals surface area contributed by atoms with Crippen LogP contribution in [0.5, 0.6) is 5.75 Å². The maximum absolute atomic E-state index is 15.2. The van der Waals surface area contributed by atoms with E-state index in [0.717, 1.165) is 38.2 Å². The van der Waals surface area contributed by atoms with Crippen LogP contribution < -0.4 is 25.3 Å². The number of amides is 2. The first-order chi connectivity index (χ1) is 22.1. The number of aromatic nitrogens is 2. The molecule has 3 aliphatic rings. The van der Waals surface area contributed by atoms with E-state index in [1.54, 1.807) is 10.6 Å². The van der Waals surface area contributed by atoms with Gasteiger partial charge in [0.2, 0.25) is 11.3 Å². The summed E-state index contributed by atoms with van der Waals surface area (Å²) in [5.74, 6) is -2.22. The zero-order chi connectivity index (χ0) is 32.5. The van der Waals surface area contributed by atoms with Crippen molar-refractivity contribution in [2.45, 2.75) is 57.6 Å². The Morgan fingerprint density at radius 3 is 2.54 bits per heavy atom. The Morgan fingerprint density at radius 2 is 1.87 bits per heavy atom. The molecule has 1 aliphatic carbocycles. The van der Waals surface area contributed by atoms with Gasteiger partial charge < -0.3 is 29.4 Å². The summed E-state index contributed by atoms with van der Waals surface area (Å²) in [6, 6.07) is 5.45. The second kappa shape index (κ2) is 12.9. The van der Waals surface area contributed by atoms with E-state index in [9.17, 15) is 28.7 Å². The van der Waals surface area contributed by atoms with Gasteiger partial charge in [0.15, 0.2) is 23.2 Å². The first-order valence-electron chi connectivity index (χ1n) is 15.5. The summed E-state index contributed by atoms with van der Waals surface area (Å²) in [5.41, 5.74) is -0.482. The van der Waals surface area contributed by atoms with E-state index < -0.39 is 35.2 Å². The lowest BCUT2D eigenvalue weighted by molar-refractivity contribution is -0.119. The lowest BCUT2D eigenvalue weighted by atomic mass is 9.92. The minimum atomic E-state index is -1.35. The van der Waals surface area contributed by atoms with E-state index in [0.29, 0.717) is 43.4 Å². The van der Waals surface area contributed by atoms with Crippen molar-refractivity contribution in [2.75, 3.05) is 42.6 Å². The number of aromatic carboxylic acids is 1. The Labute approximate surface area is 262 Å². The van der Waals surface area contributed by atoms with Gasteiger partial charge in [0.05, 0.1) is 30.8 Å². The van der Waals surface area contributed by atoms with Crippen molar-refractivity contribution >= 4 is 40.5 Å². The molecule has 3 fully saturated rings. The Kier molecular flexibility index (Phi) is 8.78. The molecule has 14 heteroatoms. The lowest BCUT2D eigenvalue weighted by Crippen LogP contribution is -2.35. The third-order valence-corrected chi connectivity index (χ3v) is 8.72. The maximum atomic E-state index is 15.2. The van der Waals surface area contributed by atoms with Crippen LogP contribution in [0, 0.1) is 17.6 Å². The minimum Gasteiger partial charge on any atom is -0.491 e. The average Bonchev–Trinajstić information content (AvgIpc) is 3.80. The van der Waals surface area contributed by atoms with E-state index in [1.165, 1.54) is 30.2 Å². The van der Waals surface area contributed by atoms with Crippen molar-refractivity contribution in [2.24, 2.45) is 5.92 Å². The van der Waals surface area contributed by atoms with Crippen molar-refractivity contribution in [3.05, 3.63) is 57.9 Å². The van der Waals surface area contributed by atoms with Crippen LogP contribution in [0.15, 0.2) is 35.3 Å². The van der Waals surface area contributed by atoms with Crippen molar-refractivity contribution in [3.8, 4) is 5.75 Å². The molecule has 244 valence electrons. The zero-order valence-electron chi connectivity index (χ0n) is 25.3. The highest BCUT2D eigenvalue weighted by Gasteiger charge is 2.33. The highest BCUT2D eigenvalue weighted by Crippen LogP contribution is 2.37. The number of anilines is 2. The number of carbonyl (C=O) groups is 3. The first-order valence-corrected chi connectivity index (χ1v) is 15.5. The highest BCUT2D eigenvalue weighted by atomic mass is 19.1. The lowest BCUT2D eigenvalue weighted by Gasteiger charge is -2.33. The molecular formula is C32H35F2N5O7. The number of hydrogen-bond donors (Lipinski definition) is 2. The van der Waals surface area contributed by atoms with Crippen molar-refractivity contribution in [3.63, 3.8) is 0 Å². The number of benzene rings is 1. The van der Waals surface area contributed by atoms with Crippen molar-refractivity contribution < 1.29 is 37.7 Å². The van der Waals surface area contributed by atoms with Crippen LogP contribution >= 0.6 is 0 Å². The number of carboxylic acids is 1. The van der Waals surface area contributed by atoms with Gasteiger partial charge in [-0.25, -0.2) is 23.4 Å². The van der Waals surface area contributed by atoms with Gasteiger partial charge in [0.1, 0.15) is 17.3 Å². The SMILES string of the molecule is CC(=O)NCC1CN(c2ccc(OCCCC3CCN(c4nc5c(cc4F)c(=O)c(C(=O)O)cn5C4CC4)CC3)c(F)c2)C(=O)O1. The van der Waals surface area contributed by atoms with Crippen LogP contribution in [0.25, 0.3) is 11.0 Å². The number of hydrogen-bond acceptors (Lipinski definition) is 8. The predicted molar refractivity (Wildman–Crippen MR) is 164 cm³/mol. The molecule has 0 radical (unpaired) electrons. The summed E-state index contributed by atoms with van der Waals surface area (Å²) in [5, 5.41) is 12.0. The van der Waals surface area contributed by atoms with Gasteiger partial charge >= 0.3 is 12.1 Å². The van der Waals surface area contributed by atoms with Gasteiger partial charge in [-0.1, -0.05) is 0 Å². The smallest absolute Gasteiger partial charge is 0.414 e. The number of pyridine rings is 2. The molecule has 0 spiro atoms. The molecule has 1 atom stereocenters. The molecule has 3 aromatic rings. The predicted octanol–water partition coefficient (Wildman–Crippen LogP) is 4.24. The fraction of sp³-hybridized carbons (Fsp3) is 0.469. The monoisotopic (exact) mass is 639 g/mol. The Morgan fingerprint density at radius 1 is 1.11 bits per heavy atom. The quantitative estimate of drug-likeness (QED) is 0.295. The number of ether oxygens (including phenoxy) is 2. The van der Waals surface area contributed by atoms with E-state index in [1.807, 2.05) is 4.90 Å². The number of rotatable bonds is 11. The van der Waals surface area contributed by atoms with Gasteiger partial charge in [0.25, 0.3) is 0 Å². The summed E-state index contributed by atoms with van der Waals surface area (Å²) >= 11 is 0. The molecule has 2 amide bonds. The number of halogens is 2. The molecule has 4 heterocycles. The normalized spacial score (nSPS) is 18.6. The van der Waals surface area contributed by atoms with Crippen LogP contribution in [-0.4, -0.2) is 71.5 Å². The molecule has 1 aromatic carbocycles. The van der Waals surface area contributed by atoms with Crippen LogP contribution in [-0.2, 0) is 9.53 Å².